The van der Waals surface area contributed by atoms with Crippen molar-refractivity contribution in [3.8, 4) is 0 Å². The van der Waals surface area contributed by atoms with Gasteiger partial charge in [-0.25, -0.2) is 9.37 Å². The van der Waals surface area contributed by atoms with Gasteiger partial charge in [0.25, 0.3) is 5.91 Å². The molecule has 0 saturated carbocycles. The lowest BCUT2D eigenvalue weighted by Crippen LogP contribution is -2.21. The number of rotatable bonds is 4. The van der Waals surface area contributed by atoms with Gasteiger partial charge in [0.05, 0.1) is 11.2 Å². The second kappa shape index (κ2) is 5.73. The number of benzene rings is 1. The van der Waals surface area contributed by atoms with Gasteiger partial charge in [0.1, 0.15) is 10.7 Å². The van der Waals surface area contributed by atoms with E-state index >= 15 is 0 Å². The number of aryl methyl sites for hydroxylation is 1. The van der Waals surface area contributed by atoms with Gasteiger partial charge >= 0.3 is 0 Å². The number of halogens is 1. The Labute approximate surface area is 109 Å². The van der Waals surface area contributed by atoms with Crippen LogP contribution in [0.4, 0.5) is 4.39 Å². The molecule has 0 unspecified atom stereocenters. The lowest BCUT2D eigenvalue weighted by Gasteiger charge is -2.03. The Bertz CT molecular complexity index is 536. The highest BCUT2D eigenvalue weighted by atomic mass is 32.1. The predicted molar refractivity (Wildman–Crippen MR) is 69.1 cm³/mol. The van der Waals surface area contributed by atoms with Crippen molar-refractivity contribution in [2.45, 2.75) is 19.9 Å². The number of aromatic nitrogens is 1. The summed E-state index contributed by atoms with van der Waals surface area (Å²) in [4.78, 5) is 16.5. The summed E-state index contributed by atoms with van der Waals surface area (Å²) in [5.74, 6) is -0.420. The second-order valence-electron chi connectivity index (χ2n) is 3.78. The number of carbonyl (C=O) groups excluding carboxylic acids is 1. The van der Waals surface area contributed by atoms with Crippen LogP contribution in [-0.4, -0.2) is 10.9 Å². The zero-order chi connectivity index (χ0) is 13.0. The summed E-state index contributed by atoms with van der Waals surface area (Å²) in [5, 5.41) is 3.73. The van der Waals surface area contributed by atoms with Gasteiger partial charge in [-0.3, -0.25) is 4.79 Å². The Balaban J connectivity index is 1.93. The maximum atomic E-state index is 12.7. The molecule has 0 aliphatic rings. The second-order valence-corrected chi connectivity index (χ2v) is 4.90. The molecule has 1 N–H and O–H groups in total. The molecule has 1 aromatic heterocycles. The van der Waals surface area contributed by atoms with E-state index in [1.165, 1.54) is 23.5 Å². The normalized spacial score (nSPS) is 10.3. The van der Waals surface area contributed by atoms with Crippen molar-refractivity contribution in [1.29, 1.82) is 0 Å². The molecule has 3 nitrogen and oxygen atoms in total. The van der Waals surface area contributed by atoms with E-state index in [0.29, 0.717) is 11.4 Å². The summed E-state index contributed by atoms with van der Waals surface area (Å²) in [5.41, 5.74) is 0.866. The zero-order valence-electron chi connectivity index (χ0n) is 9.94. The van der Waals surface area contributed by atoms with E-state index in [2.05, 4.69) is 10.3 Å². The molecular weight excluding hydrogens is 251 g/mol. The van der Waals surface area contributed by atoms with Crippen LogP contribution < -0.4 is 5.32 Å². The van der Waals surface area contributed by atoms with E-state index in [9.17, 15) is 9.18 Å². The van der Waals surface area contributed by atoms with Crippen LogP contribution in [0.1, 0.15) is 27.2 Å². The molecular formula is C13H13FN2OS. The number of hydrogen-bond donors (Lipinski definition) is 1. The van der Waals surface area contributed by atoms with Gasteiger partial charge in [0, 0.05) is 6.54 Å². The minimum atomic E-state index is -0.278. The van der Waals surface area contributed by atoms with Gasteiger partial charge in [-0.15, -0.1) is 11.3 Å². The average Bonchev–Trinajstić information content (AvgIpc) is 2.86. The van der Waals surface area contributed by atoms with Crippen LogP contribution in [0, 0.1) is 5.82 Å². The fraction of sp³-hybridized carbons (Fsp3) is 0.231. The van der Waals surface area contributed by atoms with Gasteiger partial charge < -0.3 is 5.32 Å². The number of nitrogens with one attached hydrogen (secondary N) is 1. The zero-order valence-corrected chi connectivity index (χ0v) is 10.8. The lowest BCUT2D eigenvalue weighted by molar-refractivity contribution is 0.0955. The van der Waals surface area contributed by atoms with Crippen LogP contribution in [0.2, 0.25) is 0 Å². The third-order valence-corrected chi connectivity index (χ3v) is 3.59. The topological polar surface area (TPSA) is 42.0 Å². The van der Waals surface area contributed by atoms with Crippen molar-refractivity contribution < 1.29 is 9.18 Å². The molecule has 0 aliphatic carbocycles. The summed E-state index contributed by atoms with van der Waals surface area (Å²) in [6.45, 7) is 2.39. The van der Waals surface area contributed by atoms with E-state index in [1.807, 2.05) is 6.92 Å². The number of amides is 1. The van der Waals surface area contributed by atoms with Crippen LogP contribution in [-0.2, 0) is 13.0 Å². The molecule has 1 aromatic carbocycles. The first-order valence-corrected chi connectivity index (χ1v) is 6.48. The molecule has 18 heavy (non-hydrogen) atoms. The highest BCUT2D eigenvalue weighted by molar-refractivity contribution is 7.13. The van der Waals surface area contributed by atoms with Crippen LogP contribution in [0.15, 0.2) is 30.5 Å². The molecule has 2 aromatic rings. The van der Waals surface area contributed by atoms with E-state index in [4.69, 9.17) is 0 Å². The predicted octanol–water partition coefficient (Wildman–Crippen LogP) is 2.77. The van der Waals surface area contributed by atoms with E-state index in [-0.39, 0.29) is 11.7 Å². The first-order chi connectivity index (χ1) is 8.69. The summed E-state index contributed by atoms with van der Waals surface area (Å²) in [7, 11) is 0. The molecule has 0 bridgehead atoms. The van der Waals surface area contributed by atoms with Crippen molar-refractivity contribution in [1.82, 2.24) is 10.3 Å². The Kier molecular flexibility index (Phi) is 4.04. The third kappa shape index (κ3) is 3.13. The standard InChI is InChI=1S/C13H13FN2OS/c1-2-12-15-8-11(18-12)13(17)16-7-9-3-5-10(14)6-4-9/h3-6,8H,2,7H2,1H3,(H,16,17). The van der Waals surface area contributed by atoms with Crippen LogP contribution in [0.3, 0.4) is 0 Å². The van der Waals surface area contributed by atoms with Crippen molar-refractivity contribution >= 4 is 17.2 Å². The monoisotopic (exact) mass is 264 g/mol. The molecule has 1 heterocycles. The minimum Gasteiger partial charge on any atom is -0.347 e. The van der Waals surface area contributed by atoms with Crippen LogP contribution in [0.25, 0.3) is 0 Å². The maximum absolute atomic E-state index is 12.7. The van der Waals surface area contributed by atoms with Crippen molar-refractivity contribution in [3.63, 3.8) is 0 Å². The molecule has 0 atom stereocenters. The number of nitrogens with zero attached hydrogens (tertiary/aromatic N) is 1. The van der Waals surface area contributed by atoms with Gasteiger partial charge in [-0.1, -0.05) is 19.1 Å². The molecule has 0 saturated heterocycles. The van der Waals surface area contributed by atoms with Gasteiger partial charge in [0.2, 0.25) is 0 Å². The molecule has 94 valence electrons. The average molecular weight is 264 g/mol. The summed E-state index contributed by atoms with van der Waals surface area (Å²) < 4.78 is 12.7. The molecule has 2 rings (SSSR count). The van der Waals surface area contributed by atoms with E-state index < -0.39 is 0 Å². The molecule has 0 radical (unpaired) electrons. The molecule has 0 spiro atoms. The van der Waals surface area contributed by atoms with Crippen molar-refractivity contribution in [2.75, 3.05) is 0 Å². The Morgan fingerprint density at radius 1 is 1.39 bits per heavy atom. The molecule has 1 amide bonds. The van der Waals surface area contributed by atoms with E-state index in [1.54, 1.807) is 18.3 Å². The first-order valence-electron chi connectivity index (χ1n) is 5.66. The van der Waals surface area contributed by atoms with Crippen LogP contribution in [0.5, 0.6) is 0 Å². The molecule has 0 fully saturated rings. The van der Waals surface area contributed by atoms with Crippen molar-refractivity contribution in [3.05, 3.63) is 51.7 Å². The highest BCUT2D eigenvalue weighted by Gasteiger charge is 2.09. The first kappa shape index (κ1) is 12.7. The Morgan fingerprint density at radius 3 is 2.72 bits per heavy atom. The minimum absolute atomic E-state index is 0.142. The van der Waals surface area contributed by atoms with Gasteiger partial charge in [-0.05, 0) is 24.1 Å². The SMILES string of the molecule is CCc1ncc(C(=O)NCc2ccc(F)cc2)s1. The number of thiazole rings is 1. The van der Waals surface area contributed by atoms with Crippen LogP contribution >= 0.6 is 11.3 Å². The largest absolute Gasteiger partial charge is 0.347 e. The fourth-order valence-electron chi connectivity index (χ4n) is 1.45. The summed E-state index contributed by atoms with van der Waals surface area (Å²) >= 11 is 1.40. The quantitative estimate of drug-likeness (QED) is 0.922. The highest BCUT2D eigenvalue weighted by Crippen LogP contribution is 2.13. The van der Waals surface area contributed by atoms with Gasteiger partial charge in [0.15, 0.2) is 0 Å². The lowest BCUT2D eigenvalue weighted by atomic mass is 10.2. The Morgan fingerprint density at radius 2 is 2.11 bits per heavy atom. The molecule has 5 heteroatoms. The van der Waals surface area contributed by atoms with Crippen molar-refractivity contribution in [2.24, 2.45) is 0 Å². The third-order valence-electron chi connectivity index (χ3n) is 2.45. The number of carbonyl (C=O) groups is 1. The fourth-order valence-corrected chi connectivity index (χ4v) is 2.22. The smallest absolute Gasteiger partial charge is 0.263 e. The summed E-state index contributed by atoms with van der Waals surface area (Å²) in [6, 6.07) is 6.06. The Hall–Kier alpha value is -1.75. The summed E-state index contributed by atoms with van der Waals surface area (Å²) in [6.07, 6.45) is 2.42. The van der Waals surface area contributed by atoms with Gasteiger partial charge in [-0.2, -0.15) is 0 Å². The molecule has 0 aliphatic heterocycles. The maximum Gasteiger partial charge on any atom is 0.263 e. The van der Waals surface area contributed by atoms with E-state index in [0.717, 1.165) is 17.0 Å². The number of hydrogen-bond acceptors (Lipinski definition) is 3.